The van der Waals surface area contributed by atoms with Crippen LogP contribution in [0.25, 0.3) is 0 Å². The van der Waals surface area contributed by atoms with Crippen LogP contribution in [0.4, 0.5) is 5.69 Å². The summed E-state index contributed by atoms with van der Waals surface area (Å²) < 4.78 is 24.8. The van der Waals surface area contributed by atoms with E-state index in [1.165, 1.54) is 30.3 Å². The number of nitro benzene ring substituents is 1. The molecule has 0 radical (unpaired) electrons. The number of benzene rings is 2. The second kappa shape index (κ2) is 8.39. The molecule has 0 fully saturated rings. The molecule has 0 heterocycles. The number of hydrogen-bond acceptors (Lipinski definition) is 5. The van der Waals surface area contributed by atoms with E-state index in [0.717, 1.165) is 0 Å². The lowest BCUT2D eigenvalue weighted by Crippen LogP contribution is -2.26. The summed E-state index contributed by atoms with van der Waals surface area (Å²) in [5.74, 6) is -0.561. The van der Waals surface area contributed by atoms with Crippen LogP contribution in [0.15, 0.2) is 53.4 Å². The highest BCUT2D eigenvalue weighted by atomic mass is 127. The summed E-state index contributed by atoms with van der Waals surface area (Å²) in [6.45, 7) is 0.156. The summed E-state index contributed by atoms with van der Waals surface area (Å²) in [7, 11) is -3.39. The predicted octanol–water partition coefficient (Wildman–Crippen LogP) is 2.79. The van der Waals surface area contributed by atoms with Crippen molar-refractivity contribution in [2.75, 3.05) is 12.3 Å². The van der Waals surface area contributed by atoms with Gasteiger partial charge in [0.15, 0.2) is 9.84 Å². The first-order valence-corrected chi connectivity index (χ1v) is 10.0. The van der Waals surface area contributed by atoms with Crippen LogP contribution in [0.3, 0.4) is 0 Å². The quantitative estimate of drug-likeness (QED) is 0.288. The minimum absolute atomic E-state index is 0.0939. The van der Waals surface area contributed by atoms with Gasteiger partial charge in [-0.25, -0.2) is 8.42 Å². The van der Waals surface area contributed by atoms with Crippen LogP contribution in [0.2, 0.25) is 0 Å². The van der Waals surface area contributed by atoms with Crippen molar-refractivity contribution in [3.63, 3.8) is 0 Å². The van der Waals surface area contributed by atoms with Gasteiger partial charge in [-0.15, -0.1) is 0 Å². The van der Waals surface area contributed by atoms with Gasteiger partial charge in [0.1, 0.15) is 0 Å². The predicted molar refractivity (Wildman–Crippen MR) is 101 cm³/mol. The van der Waals surface area contributed by atoms with E-state index < -0.39 is 20.7 Å². The van der Waals surface area contributed by atoms with Crippen molar-refractivity contribution in [2.24, 2.45) is 0 Å². The van der Waals surface area contributed by atoms with Crippen LogP contribution in [0.5, 0.6) is 0 Å². The van der Waals surface area contributed by atoms with Crippen molar-refractivity contribution < 1.29 is 18.1 Å². The number of rotatable bonds is 7. The molecule has 1 N–H and O–H groups in total. The minimum atomic E-state index is -3.39. The number of nitro groups is 1. The summed E-state index contributed by atoms with van der Waals surface area (Å²) in [6.07, 6.45) is 0.245. The zero-order valence-corrected chi connectivity index (χ0v) is 16.0. The Labute approximate surface area is 158 Å². The lowest BCUT2D eigenvalue weighted by atomic mass is 10.2. The normalized spacial score (nSPS) is 11.1. The standard InChI is InChI=1S/C16H15IN2O5S/c17-15-8-7-12(19(21)22)11-14(15)16(20)18-9-4-10-25(23,24)13-5-2-1-3-6-13/h1-3,5-8,11H,4,9-10H2,(H,18,20). The molecule has 2 rings (SSSR count). The van der Waals surface area contributed by atoms with Crippen molar-refractivity contribution in [1.82, 2.24) is 5.32 Å². The van der Waals surface area contributed by atoms with Gasteiger partial charge in [0.2, 0.25) is 0 Å². The lowest BCUT2D eigenvalue weighted by Gasteiger charge is -2.08. The van der Waals surface area contributed by atoms with Crippen LogP contribution in [-0.2, 0) is 9.84 Å². The number of carbonyl (C=O) groups is 1. The summed E-state index contributed by atoms with van der Waals surface area (Å²) in [4.78, 5) is 22.6. The number of sulfone groups is 1. The Morgan fingerprint density at radius 2 is 1.84 bits per heavy atom. The van der Waals surface area contributed by atoms with Gasteiger partial charge in [0.25, 0.3) is 11.6 Å². The van der Waals surface area contributed by atoms with Crippen molar-refractivity contribution in [3.8, 4) is 0 Å². The van der Waals surface area contributed by atoms with Crippen LogP contribution in [-0.4, -0.2) is 31.5 Å². The molecule has 0 aromatic heterocycles. The molecule has 0 aliphatic carbocycles. The van der Waals surface area contributed by atoms with Gasteiger partial charge < -0.3 is 5.32 Å². The molecule has 2 aromatic rings. The molecule has 1 amide bonds. The van der Waals surface area contributed by atoms with Gasteiger partial charge in [0.05, 0.1) is 21.1 Å². The van der Waals surface area contributed by atoms with Crippen molar-refractivity contribution in [2.45, 2.75) is 11.3 Å². The van der Waals surface area contributed by atoms with Gasteiger partial charge in [-0.05, 0) is 47.2 Å². The van der Waals surface area contributed by atoms with E-state index in [1.54, 1.807) is 18.2 Å². The Bertz CT molecular complexity index is 885. The third-order valence-electron chi connectivity index (χ3n) is 3.38. The fourth-order valence-corrected chi connectivity index (χ4v) is 4.02. The van der Waals surface area contributed by atoms with Crippen molar-refractivity contribution >= 4 is 44.0 Å². The number of amides is 1. The maximum atomic E-state index is 12.1. The van der Waals surface area contributed by atoms with Crippen LogP contribution in [0.1, 0.15) is 16.8 Å². The molecule has 132 valence electrons. The van der Waals surface area contributed by atoms with E-state index in [2.05, 4.69) is 5.32 Å². The number of nitrogens with one attached hydrogen (secondary N) is 1. The molecule has 0 spiro atoms. The molecule has 0 saturated carbocycles. The summed E-state index contributed by atoms with van der Waals surface area (Å²) >= 11 is 1.92. The lowest BCUT2D eigenvalue weighted by molar-refractivity contribution is -0.384. The Morgan fingerprint density at radius 1 is 1.16 bits per heavy atom. The van der Waals surface area contributed by atoms with E-state index in [4.69, 9.17) is 0 Å². The third kappa shape index (κ3) is 5.23. The molecular weight excluding hydrogens is 459 g/mol. The fraction of sp³-hybridized carbons (Fsp3) is 0.188. The smallest absolute Gasteiger partial charge is 0.270 e. The summed E-state index contributed by atoms with van der Waals surface area (Å²) in [5, 5.41) is 13.4. The van der Waals surface area contributed by atoms with E-state index in [0.29, 0.717) is 3.57 Å². The largest absolute Gasteiger partial charge is 0.352 e. The highest BCUT2D eigenvalue weighted by Crippen LogP contribution is 2.19. The average molecular weight is 474 g/mol. The van der Waals surface area contributed by atoms with E-state index in [9.17, 15) is 23.3 Å². The fourth-order valence-electron chi connectivity index (χ4n) is 2.11. The zero-order valence-electron chi connectivity index (χ0n) is 13.0. The zero-order chi connectivity index (χ0) is 18.4. The Balaban J connectivity index is 1.93. The Kier molecular flexibility index (Phi) is 6.48. The maximum Gasteiger partial charge on any atom is 0.270 e. The Hall–Kier alpha value is -2.01. The molecule has 0 atom stereocenters. The molecule has 0 aliphatic rings. The first kappa shape index (κ1) is 19.3. The highest BCUT2D eigenvalue weighted by Gasteiger charge is 2.16. The average Bonchev–Trinajstić information content (AvgIpc) is 2.59. The van der Waals surface area contributed by atoms with E-state index >= 15 is 0 Å². The van der Waals surface area contributed by atoms with E-state index in [1.807, 2.05) is 22.6 Å². The van der Waals surface area contributed by atoms with Gasteiger partial charge in [-0.1, -0.05) is 18.2 Å². The number of nitrogens with zero attached hydrogens (tertiary/aromatic N) is 1. The molecule has 0 unspecified atom stereocenters. The molecule has 0 aliphatic heterocycles. The first-order chi connectivity index (χ1) is 11.8. The van der Waals surface area contributed by atoms with Gasteiger partial charge in [-0.2, -0.15) is 0 Å². The first-order valence-electron chi connectivity index (χ1n) is 7.31. The van der Waals surface area contributed by atoms with Gasteiger partial charge >= 0.3 is 0 Å². The maximum absolute atomic E-state index is 12.1. The molecular formula is C16H15IN2O5S. The highest BCUT2D eigenvalue weighted by molar-refractivity contribution is 14.1. The number of carbonyl (C=O) groups excluding carboxylic acids is 1. The molecule has 25 heavy (non-hydrogen) atoms. The minimum Gasteiger partial charge on any atom is -0.352 e. The topological polar surface area (TPSA) is 106 Å². The SMILES string of the molecule is O=C(NCCCS(=O)(=O)c1ccccc1)c1cc([N+](=O)[O-])ccc1I. The molecule has 0 bridgehead atoms. The Morgan fingerprint density at radius 3 is 2.48 bits per heavy atom. The molecule has 7 nitrogen and oxygen atoms in total. The monoisotopic (exact) mass is 474 g/mol. The van der Waals surface area contributed by atoms with E-state index in [-0.39, 0.29) is 34.9 Å². The second-order valence-electron chi connectivity index (χ2n) is 5.16. The van der Waals surface area contributed by atoms with Crippen molar-refractivity contribution in [1.29, 1.82) is 0 Å². The second-order valence-corrected chi connectivity index (χ2v) is 8.43. The van der Waals surface area contributed by atoms with Crippen LogP contribution in [0, 0.1) is 13.7 Å². The molecule has 9 heteroatoms. The molecule has 0 saturated heterocycles. The number of halogens is 1. The van der Waals surface area contributed by atoms with Gasteiger partial charge in [-0.3, -0.25) is 14.9 Å². The summed E-state index contributed by atoms with van der Waals surface area (Å²) in [5.41, 5.74) is 0.0259. The number of non-ortho nitro benzene ring substituents is 1. The van der Waals surface area contributed by atoms with Crippen molar-refractivity contribution in [3.05, 3.63) is 67.8 Å². The third-order valence-corrected chi connectivity index (χ3v) is 6.14. The van der Waals surface area contributed by atoms with Crippen LogP contribution >= 0.6 is 22.6 Å². The van der Waals surface area contributed by atoms with Crippen LogP contribution < -0.4 is 5.32 Å². The summed E-state index contributed by atoms with van der Waals surface area (Å²) in [6, 6.07) is 12.1. The number of hydrogen-bond donors (Lipinski definition) is 1. The molecule has 2 aromatic carbocycles. The van der Waals surface area contributed by atoms with Gasteiger partial charge in [0, 0.05) is 22.2 Å².